The minimum absolute atomic E-state index is 0.611. The summed E-state index contributed by atoms with van der Waals surface area (Å²) in [5.74, 6) is 0.945. The van der Waals surface area contributed by atoms with Crippen LogP contribution in [-0.2, 0) is 6.42 Å². The Hall–Kier alpha value is -1.16. The zero-order valence-electron chi connectivity index (χ0n) is 12.1. The molecular weight excluding hydrogens is 224 g/mol. The lowest BCUT2D eigenvalue weighted by atomic mass is 10.2. The first-order valence-electron chi connectivity index (χ1n) is 6.88. The lowest BCUT2D eigenvalue weighted by molar-refractivity contribution is 0.273. The van der Waals surface area contributed by atoms with E-state index in [1.165, 1.54) is 0 Å². The Morgan fingerprint density at radius 2 is 2.11 bits per heavy atom. The molecule has 1 aromatic heterocycles. The van der Waals surface area contributed by atoms with E-state index in [0.29, 0.717) is 6.04 Å². The topological polar surface area (TPSA) is 41.0 Å². The fourth-order valence-corrected chi connectivity index (χ4v) is 1.69. The van der Waals surface area contributed by atoms with Crippen LogP contribution in [0.3, 0.4) is 0 Å². The summed E-state index contributed by atoms with van der Waals surface area (Å²) in [5.41, 5.74) is 1.12. The van der Waals surface area contributed by atoms with Gasteiger partial charge in [0.1, 0.15) is 12.1 Å². The second kappa shape index (κ2) is 8.03. The third kappa shape index (κ3) is 5.45. The summed E-state index contributed by atoms with van der Waals surface area (Å²) in [4.78, 5) is 10.8. The Bertz CT molecular complexity index is 338. The molecule has 0 fully saturated rings. The van der Waals surface area contributed by atoms with Gasteiger partial charge in [0.15, 0.2) is 0 Å². The summed E-state index contributed by atoms with van der Waals surface area (Å²) in [6, 6.07) is 2.66. The molecule has 4 nitrogen and oxygen atoms in total. The molecule has 0 aromatic carbocycles. The monoisotopic (exact) mass is 250 g/mol. The molecule has 1 heterocycles. The fourth-order valence-electron chi connectivity index (χ4n) is 1.69. The predicted octanol–water partition coefficient (Wildman–Crippen LogP) is 2.57. The van der Waals surface area contributed by atoms with Crippen LogP contribution in [0.25, 0.3) is 0 Å². The maximum absolute atomic E-state index is 4.25. The molecule has 0 unspecified atom stereocenters. The minimum Gasteiger partial charge on any atom is -0.370 e. The summed E-state index contributed by atoms with van der Waals surface area (Å²) in [5, 5.41) is 3.36. The van der Waals surface area contributed by atoms with Crippen LogP contribution in [0.2, 0.25) is 0 Å². The maximum Gasteiger partial charge on any atom is 0.129 e. The maximum atomic E-state index is 4.25. The second-order valence-corrected chi connectivity index (χ2v) is 5.00. The first kappa shape index (κ1) is 14.9. The van der Waals surface area contributed by atoms with Crippen molar-refractivity contribution in [3.63, 3.8) is 0 Å². The molecule has 0 saturated carbocycles. The van der Waals surface area contributed by atoms with Crippen molar-refractivity contribution in [3.8, 4) is 0 Å². The van der Waals surface area contributed by atoms with Gasteiger partial charge < -0.3 is 10.2 Å². The van der Waals surface area contributed by atoms with Gasteiger partial charge in [-0.1, -0.05) is 13.3 Å². The second-order valence-electron chi connectivity index (χ2n) is 5.00. The summed E-state index contributed by atoms with van der Waals surface area (Å²) in [7, 11) is 2.16. The third-order valence-corrected chi connectivity index (χ3v) is 3.11. The number of rotatable bonds is 8. The van der Waals surface area contributed by atoms with Gasteiger partial charge in [-0.05, 0) is 40.3 Å². The largest absolute Gasteiger partial charge is 0.370 e. The molecule has 1 aromatic rings. The van der Waals surface area contributed by atoms with Crippen molar-refractivity contribution in [2.75, 3.05) is 25.5 Å². The highest BCUT2D eigenvalue weighted by atomic mass is 15.1. The number of hydrogen-bond acceptors (Lipinski definition) is 4. The van der Waals surface area contributed by atoms with E-state index in [1.807, 2.05) is 0 Å². The van der Waals surface area contributed by atoms with Gasteiger partial charge in [-0.25, -0.2) is 9.97 Å². The fraction of sp³-hybridized carbons (Fsp3) is 0.714. The van der Waals surface area contributed by atoms with Gasteiger partial charge in [0.2, 0.25) is 0 Å². The molecule has 0 saturated heterocycles. The average molecular weight is 250 g/mol. The van der Waals surface area contributed by atoms with Gasteiger partial charge in [0.25, 0.3) is 0 Å². The highest BCUT2D eigenvalue weighted by molar-refractivity contribution is 5.34. The van der Waals surface area contributed by atoms with Crippen molar-refractivity contribution in [1.29, 1.82) is 0 Å². The zero-order chi connectivity index (χ0) is 13.4. The number of hydrogen-bond donors (Lipinski definition) is 1. The Labute approximate surface area is 111 Å². The SMILES string of the molecule is CCCc1cc(NCCCN(C)C(C)C)ncn1. The van der Waals surface area contributed by atoms with Crippen molar-refractivity contribution in [3.05, 3.63) is 18.1 Å². The van der Waals surface area contributed by atoms with E-state index < -0.39 is 0 Å². The summed E-state index contributed by atoms with van der Waals surface area (Å²) in [6.45, 7) is 8.66. The van der Waals surface area contributed by atoms with Crippen LogP contribution in [0.15, 0.2) is 12.4 Å². The molecule has 0 bridgehead atoms. The number of aromatic nitrogens is 2. The lowest BCUT2D eigenvalue weighted by Gasteiger charge is -2.20. The Balaban J connectivity index is 2.28. The number of anilines is 1. The molecule has 4 heteroatoms. The van der Waals surface area contributed by atoms with Gasteiger partial charge in [-0.15, -0.1) is 0 Å². The zero-order valence-corrected chi connectivity index (χ0v) is 12.1. The van der Waals surface area contributed by atoms with E-state index in [4.69, 9.17) is 0 Å². The molecule has 0 atom stereocenters. The molecule has 0 amide bonds. The van der Waals surface area contributed by atoms with E-state index in [2.05, 4.69) is 54.1 Å². The Morgan fingerprint density at radius 3 is 2.78 bits per heavy atom. The molecular formula is C14H26N4. The Kier molecular flexibility index (Phi) is 6.65. The summed E-state index contributed by atoms with van der Waals surface area (Å²) in [6.07, 6.45) is 4.91. The third-order valence-electron chi connectivity index (χ3n) is 3.11. The number of nitrogens with zero attached hydrogens (tertiary/aromatic N) is 3. The van der Waals surface area contributed by atoms with Gasteiger partial charge >= 0.3 is 0 Å². The van der Waals surface area contributed by atoms with Crippen molar-refractivity contribution in [2.24, 2.45) is 0 Å². The van der Waals surface area contributed by atoms with Gasteiger partial charge in [0, 0.05) is 24.3 Å². The quantitative estimate of drug-likeness (QED) is 0.720. The molecule has 0 radical (unpaired) electrons. The van der Waals surface area contributed by atoms with Crippen LogP contribution in [-0.4, -0.2) is 41.0 Å². The van der Waals surface area contributed by atoms with E-state index in [9.17, 15) is 0 Å². The standard InChI is InChI=1S/C14H26N4/c1-5-7-13-10-14(17-11-16-13)15-8-6-9-18(4)12(2)3/h10-12H,5-9H2,1-4H3,(H,15,16,17). The molecule has 1 N–H and O–H groups in total. The van der Waals surface area contributed by atoms with Crippen LogP contribution in [0, 0.1) is 0 Å². The Morgan fingerprint density at radius 1 is 1.33 bits per heavy atom. The van der Waals surface area contributed by atoms with Crippen LogP contribution < -0.4 is 5.32 Å². The molecule has 0 spiro atoms. The van der Waals surface area contributed by atoms with E-state index >= 15 is 0 Å². The van der Waals surface area contributed by atoms with Gasteiger partial charge in [-0.2, -0.15) is 0 Å². The van der Waals surface area contributed by atoms with Crippen LogP contribution in [0.5, 0.6) is 0 Å². The van der Waals surface area contributed by atoms with Crippen molar-refractivity contribution >= 4 is 5.82 Å². The number of nitrogens with one attached hydrogen (secondary N) is 1. The molecule has 18 heavy (non-hydrogen) atoms. The van der Waals surface area contributed by atoms with E-state index in [-0.39, 0.29) is 0 Å². The smallest absolute Gasteiger partial charge is 0.129 e. The summed E-state index contributed by atoms with van der Waals surface area (Å²) >= 11 is 0. The first-order chi connectivity index (χ1) is 8.63. The predicted molar refractivity (Wildman–Crippen MR) is 76.9 cm³/mol. The molecule has 0 aliphatic heterocycles. The van der Waals surface area contributed by atoms with E-state index in [1.54, 1.807) is 6.33 Å². The van der Waals surface area contributed by atoms with Crippen molar-refractivity contribution in [1.82, 2.24) is 14.9 Å². The van der Waals surface area contributed by atoms with Gasteiger partial charge in [0.05, 0.1) is 0 Å². The van der Waals surface area contributed by atoms with Crippen molar-refractivity contribution < 1.29 is 0 Å². The average Bonchev–Trinajstić information content (AvgIpc) is 2.35. The van der Waals surface area contributed by atoms with E-state index in [0.717, 1.165) is 43.9 Å². The van der Waals surface area contributed by atoms with Gasteiger partial charge in [-0.3, -0.25) is 0 Å². The van der Waals surface area contributed by atoms with Crippen LogP contribution >= 0.6 is 0 Å². The number of aryl methyl sites for hydroxylation is 1. The van der Waals surface area contributed by atoms with Crippen molar-refractivity contribution in [2.45, 2.75) is 46.1 Å². The highest BCUT2D eigenvalue weighted by Crippen LogP contribution is 2.06. The van der Waals surface area contributed by atoms with Crippen LogP contribution in [0.4, 0.5) is 5.82 Å². The molecule has 0 aliphatic carbocycles. The summed E-state index contributed by atoms with van der Waals surface area (Å²) < 4.78 is 0. The molecule has 0 aliphatic rings. The first-order valence-corrected chi connectivity index (χ1v) is 6.88. The molecule has 1 rings (SSSR count). The highest BCUT2D eigenvalue weighted by Gasteiger charge is 2.02. The normalized spacial score (nSPS) is 11.2. The lowest BCUT2D eigenvalue weighted by Crippen LogP contribution is -2.28. The minimum atomic E-state index is 0.611. The van der Waals surface area contributed by atoms with Crippen LogP contribution in [0.1, 0.15) is 39.3 Å². The molecule has 102 valence electrons.